The molecule has 3 nitrogen and oxygen atoms in total. The van der Waals surface area contributed by atoms with E-state index in [1.807, 2.05) is 13.8 Å². The van der Waals surface area contributed by atoms with E-state index >= 15 is 0 Å². The minimum absolute atomic E-state index is 0. The molecular weight excluding hydrogens is 255 g/mol. The highest BCUT2D eigenvalue weighted by atomic mass is 35.5. The van der Waals surface area contributed by atoms with Gasteiger partial charge in [-0.05, 0) is 18.4 Å². The van der Waals surface area contributed by atoms with Crippen molar-refractivity contribution in [2.75, 3.05) is 0 Å². The zero-order valence-electron chi connectivity index (χ0n) is 10.7. The summed E-state index contributed by atoms with van der Waals surface area (Å²) in [6.45, 7) is 4.19. The number of hydrogen-bond donors (Lipinski definition) is 2. The van der Waals surface area contributed by atoms with Crippen molar-refractivity contribution in [3.8, 4) is 0 Å². The Morgan fingerprint density at radius 3 is 2.56 bits per heavy atom. The molecule has 0 fully saturated rings. The zero-order chi connectivity index (χ0) is 12.8. The molecule has 0 aliphatic heterocycles. The summed E-state index contributed by atoms with van der Waals surface area (Å²) in [7, 11) is 0. The molecule has 0 radical (unpaired) electrons. The average Bonchev–Trinajstić information content (AvgIpc) is 2.26. The van der Waals surface area contributed by atoms with Crippen molar-refractivity contribution in [3.05, 3.63) is 35.6 Å². The lowest BCUT2D eigenvalue weighted by atomic mass is 10.0. The molecule has 1 aromatic carbocycles. The molecule has 102 valence electrons. The highest BCUT2D eigenvalue weighted by Gasteiger charge is 2.14. The SMILES string of the molecule is CC(C)C[C@H](N)C(=O)NCc1ccccc1F.Cl. The molecule has 0 saturated heterocycles. The number of rotatable bonds is 5. The molecule has 0 heterocycles. The van der Waals surface area contributed by atoms with Gasteiger partial charge in [-0.3, -0.25) is 4.79 Å². The Balaban J connectivity index is 0.00000289. The van der Waals surface area contributed by atoms with Gasteiger partial charge in [0.1, 0.15) is 5.82 Å². The van der Waals surface area contributed by atoms with Crippen molar-refractivity contribution < 1.29 is 9.18 Å². The second kappa shape index (κ2) is 8.06. The Morgan fingerprint density at radius 2 is 2.00 bits per heavy atom. The molecule has 0 aliphatic rings. The van der Waals surface area contributed by atoms with Crippen LogP contribution < -0.4 is 11.1 Å². The first kappa shape index (κ1) is 16.9. The highest BCUT2D eigenvalue weighted by molar-refractivity contribution is 5.85. The Kier molecular flexibility index (Phi) is 7.55. The summed E-state index contributed by atoms with van der Waals surface area (Å²) in [5.74, 6) is -0.184. The number of nitrogens with two attached hydrogens (primary N) is 1. The molecule has 1 amide bonds. The molecular formula is C13H20ClFN2O. The van der Waals surface area contributed by atoms with Gasteiger partial charge >= 0.3 is 0 Å². The normalized spacial score (nSPS) is 11.8. The number of amides is 1. The molecule has 3 N–H and O–H groups in total. The fourth-order valence-corrected chi connectivity index (χ4v) is 1.57. The van der Waals surface area contributed by atoms with Gasteiger partial charge in [-0.25, -0.2) is 4.39 Å². The number of nitrogens with one attached hydrogen (secondary N) is 1. The maximum Gasteiger partial charge on any atom is 0.237 e. The van der Waals surface area contributed by atoms with E-state index in [4.69, 9.17) is 5.73 Å². The molecule has 1 rings (SSSR count). The summed E-state index contributed by atoms with van der Waals surface area (Å²) in [6, 6.07) is 5.84. The van der Waals surface area contributed by atoms with Gasteiger partial charge in [0.25, 0.3) is 0 Å². The summed E-state index contributed by atoms with van der Waals surface area (Å²) in [5.41, 5.74) is 6.18. The monoisotopic (exact) mass is 274 g/mol. The summed E-state index contributed by atoms with van der Waals surface area (Å²) >= 11 is 0. The summed E-state index contributed by atoms with van der Waals surface area (Å²) in [6.07, 6.45) is 0.628. The number of carbonyl (C=O) groups is 1. The fraction of sp³-hybridized carbons (Fsp3) is 0.462. The molecule has 18 heavy (non-hydrogen) atoms. The van der Waals surface area contributed by atoms with Crippen LogP contribution in [0.2, 0.25) is 0 Å². The van der Waals surface area contributed by atoms with Crippen LogP contribution in [0.1, 0.15) is 25.8 Å². The third-order valence-corrected chi connectivity index (χ3v) is 2.47. The van der Waals surface area contributed by atoms with Crippen LogP contribution in [0.3, 0.4) is 0 Å². The van der Waals surface area contributed by atoms with E-state index in [2.05, 4.69) is 5.32 Å². The van der Waals surface area contributed by atoms with E-state index < -0.39 is 6.04 Å². The molecule has 1 atom stereocenters. The predicted octanol–water partition coefficient (Wildman–Crippen LogP) is 2.24. The summed E-state index contributed by atoms with van der Waals surface area (Å²) in [5, 5.41) is 2.64. The lowest BCUT2D eigenvalue weighted by molar-refractivity contribution is -0.122. The van der Waals surface area contributed by atoms with Crippen LogP contribution in [0.5, 0.6) is 0 Å². The Morgan fingerprint density at radius 1 is 1.39 bits per heavy atom. The molecule has 1 aromatic rings. The lowest BCUT2D eigenvalue weighted by Gasteiger charge is -2.14. The molecule has 5 heteroatoms. The molecule has 0 saturated carbocycles. The van der Waals surface area contributed by atoms with Gasteiger partial charge in [0.2, 0.25) is 5.91 Å². The zero-order valence-corrected chi connectivity index (χ0v) is 11.5. The predicted molar refractivity (Wildman–Crippen MR) is 72.9 cm³/mol. The fourth-order valence-electron chi connectivity index (χ4n) is 1.57. The summed E-state index contributed by atoms with van der Waals surface area (Å²) in [4.78, 5) is 11.6. The maximum absolute atomic E-state index is 13.3. The highest BCUT2D eigenvalue weighted by Crippen LogP contribution is 2.06. The van der Waals surface area contributed by atoms with Gasteiger partial charge in [-0.1, -0.05) is 32.0 Å². The Bertz CT molecular complexity index is 385. The average molecular weight is 275 g/mol. The van der Waals surface area contributed by atoms with Crippen molar-refractivity contribution in [2.24, 2.45) is 11.7 Å². The van der Waals surface area contributed by atoms with E-state index in [1.54, 1.807) is 18.2 Å². The van der Waals surface area contributed by atoms with Gasteiger partial charge in [0.05, 0.1) is 6.04 Å². The third kappa shape index (κ3) is 5.47. The maximum atomic E-state index is 13.3. The minimum Gasteiger partial charge on any atom is -0.351 e. The van der Waals surface area contributed by atoms with Crippen LogP contribution in [0.4, 0.5) is 4.39 Å². The van der Waals surface area contributed by atoms with Gasteiger partial charge in [-0.15, -0.1) is 12.4 Å². The van der Waals surface area contributed by atoms with E-state index in [0.29, 0.717) is 17.9 Å². The minimum atomic E-state index is -0.526. The van der Waals surface area contributed by atoms with Crippen molar-refractivity contribution in [3.63, 3.8) is 0 Å². The molecule has 0 bridgehead atoms. The van der Waals surface area contributed by atoms with Crippen LogP contribution in [-0.4, -0.2) is 11.9 Å². The van der Waals surface area contributed by atoms with E-state index in [9.17, 15) is 9.18 Å². The topological polar surface area (TPSA) is 55.1 Å². The number of benzene rings is 1. The van der Waals surface area contributed by atoms with Gasteiger partial charge in [-0.2, -0.15) is 0 Å². The largest absolute Gasteiger partial charge is 0.351 e. The van der Waals surface area contributed by atoms with Gasteiger partial charge in [0.15, 0.2) is 0 Å². The number of carbonyl (C=O) groups excluding carboxylic acids is 1. The second-order valence-electron chi connectivity index (χ2n) is 4.55. The van der Waals surface area contributed by atoms with Crippen molar-refractivity contribution in [1.82, 2.24) is 5.32 Å². The van der Waals surface area contributed by atoms with Crippen LogP contribution in [0.15, 0.2) is 24.3 Å². The van der Waals surface area contributed by atoms with Crippen molar-refractivity contribution in [2.45, 2.75) is 32.9 Å². The van der Waals surface area contributed by atoms with Crippen LogP contribution in [0.25, 0.3) is 0 Å². The van der Waals surface area contributed by atoms with E-state index in [0.717, 1.165) is 0 Å². The Labute approximate surface area is 113 Å². The standard InChI is InChI=1S/C13H19FN2O.ClH/c1-9(2)7-12(15)13(17)16-8-10-5-3-4-6-11(10)14;/h3-6,9,12H,7-8,15H2,1-2H3,(H,16,17);1H/t12-;/m0./s1. The lowest BCUT2D eigenvalue weighted by Crippen LogP contribution is -2.41. The van der Waals surface area contributed by atoms with Crippen molar-refractivity contribution >= 4 is 18.3 Å². The second-order valence-corrected chi connectivity index (χ2v) is 4.55. The van der Waals surface area contributed by atoms with E-state index in [-0.39, 0.29) is 30.7 Å². The molecule has 0 aliphatic carbocycles. The first-order valence-corrected chi connectivity index (χ1v) is 5.77. The van der Waals surface area contributed by atoms with Crippen LogP contribution >= 0.6 is 12.4 Å². The van der Waals surface area contributed by atoms with E-state index in [1.165, 1.54) is 6.07 Å². The van der Waals surface area contributed by atoms with Crippen LogP contribution in [-0.2, 0) is 11.3 Å². The third-order valence-electron chi connectivity index (χ3n) is 2.47. The first-order chi connectivity index (χ1) is 8.00. The van der Waals surface area contributed by atoms with Crippen molar-refractivity contribution in [1.29, 1.82) is 0 Å². The molecule has 0 spiro atoms. The van der Waals surface area contributed by atoms with Gasteiger partial charge in [0, 0.05) is 12.1 Å². The first-order valence-electron chi connectivity index (χ1n) is 5.77. The molecule has 0 aromatic heterocycles. The molecule has 0 unspecified atom stereocenters. The number of halogens is 2. The Hall–Kier alpha value is -1.13. The van der Waals surface area contributed by atoms with Gasteiger partial charge < -0.3 is 11.1 Å². The van der Waals surface area contributed by atoms with Crippen LogP contribution in [0, 0.1) is 11.7 Å². The number of hydrogen-bond acceptors (Lipinski definition) is 2. The quantitative estimate of drug-likeness (QED) is 0.865. The smallest absolute Gasteiger partial charge is 0.237 e. The summed E-state index contributed by atoms with van der Waals surface area (Å²) < 4.78 is 13.3.